The predicted molar refractivity (Wildman–Crippen MR) is 136 cm³/mol. The van der Waals surface area contributed by atoms with Crippen LogP contribution >= 0.6 is 22.9 Å². The summed E-state index contributed by atoms with van der Waals surface area (Å²) < 4.78 is 77.6. The van der Waals surface area contributed by atoms with E-state index in [4.69, 9.17) is 16.3 Å². The van der Waals surface area contributed by atoms with Crippen molar-refractivity contribution >= 4 is 33.2 Å². The van der Waals surface area contributed by atoms with Gasteiger partial charge in [0.25, 0.3) is 0 Å². The van der Waals surface area contributed by atoms with Crippen LogP contribution in [0.2, 0.25) is 5.02 Å². The number of benzene rings is 1. The Hall–Kier alpha value is -3.02. The highest BCUT2D eigenvalue weighted by Gasteiger charge is 2.56. The molecule has 38 heavy (non-hydrogen) atoms. The van der Waals surface area contributed by atoms with Crippen molar-refractivity contribution in [2.24, 2.45) is 0 Å². The number of halogens is 6. The smallest absolute Gasteiger partial charge is 0.418 e. The summed E-state index contributed by atoms with van der Waals surface area (Å²) in [6.45, 7) is 2.06. The minimum absolute atomic E-state index is 0.128. The summed E-state index contributed by atoms with van der Waals surface area (Å²) in [4.78, 5) is 15.4. The van der Waals surface area contributed by atoms with E-state index in [1.165, 1.54) is 45.2 Å². The monoisotopic (exact) mass is 572 g/mol. The molecule has 0 bridgehead atoms. The van der Waals surface area contributed by atoms with Crippen LogP contribution in [0.3, 0.4) is 0 Å². The van der Waals surface area contributed by atoms with Crippen molar-refractivity contribution in [2.45, 2.75) is 44.0 Å². The summed E-state index contributed by atoms with van der Waals surface area (Å²) in [6.07, 6.45) is -4.82. The van der Waals surface area contributed by atoms with E-state index in [-0.39, 0.29) is 32.1 Å². The van der Waals surface area contributed by atoms with Crippen LogP contribution in [0.5, 0.6) is 5.75 Å². The molecule has 0 aliphatic carbocycles. The lowest BCUT2D eigenvalue weighted by Gasteiger charge is -2.39. The Morgan fingerprint density at radius 2 is 1.74 bits per heavy atom. The third-order valence-corrected chi connectivity index (χ3v) is 7.54. The lowest BCUT2D eigenvalue weighted by Crippen LogP contribution is -2.52. The highest BCUT2D eigenvalue weighted by molar-refractivity contribution is 7.17. The zero-order valence-corrected chi connectivity index (χ0v) is 21.9. The molecule has 12 heteroatoms. The van der Waals surface area contributed by atoms with Gasteiger partial charge in [-0.15, -0.1) is 11.3 Å². The maximum Gasteiger partial charge on any atom is 0.418 e. The van der Waals surface area contributed by atoms with Crippen molar-refractivity contribution in [3.05, 3.63) is 80.7 Å². The molecule has 5 nitrogen and oxygen atoms in total. The topological polar surface area (TPSA) is 64.3 Å². The van der Waals surface area contributed by atoms with Crippen molar-refractivity contribution in [3.8, 4) is 16.9 Å². The second-order valence-corrected chi connectivity index (χ2v) is 10.9. The summed E-state index contributed by atoms with van der Waals surface area (Å²) in [5.41, 5.74) is -4.20. The fourth-order valence-corrected chi connectivity index (χ4v) is 5.73. The Morgan fingerprint density at radius 1 is 1.08 bits per heavy atom. The van der Waals surface area contributed by atoms with Crippen molar-refractivity contribution in [1.82, 2.24) is 9.55 Å². The quantitative estimate of drug-likeness (QED) is 0.197. The second-order valence-electron chi connectivity index (χ2n) is 9.58. The predicted octanol–water partition coefficient (Wildman–Crippen LogP) is 6.73. The molecule has 0 radical (unpaired) electrons. The molecule has 1 aromatic carbocycles. The highest BCUT2D eigenvalue weighted by Crippen LogP contribution is 2.45. The van der Waals surface area contributed by atoms with Gasteiger partial charge in [-0.25, -0.2) is 0 Å². The Bertz CT molecular complexity index is 1550. The SMILES string of the molecule is COc1ccc(-c2cc(F)nc(F)c2)cc1C(C)(C)CC(O)(Cn1cc(Cl)c(=O)c2sccc21)C(F)(F)F. The summed E-state index contributed by atoms with van der Waals surface area (Å²) in [6, 6.07) is 7.94. The van der Waals surface area contributed by atoms with E-state index in [1.54, 1.807) is 5.38 Å². The first-order valence-electron chi connectivity index (χ1n) is 11.2. The number of fused-ring (bicyclic) bond motifs is 1. The van der Waals surface area contributed by atoms with E-state index in [0.717, 1.165) is 34.2 Å². The number of thiophene rings is 1. The van der Waals surface area contributed by atoms with Crippen LogP contribution in [0.4, 0.5) is 22.0 Å². The summed E-state index contributed by atoms with van der Waals surface area (Å²) >= 11 is 7.03. The van der Waals surface area contributed by atoms with Gasteiger partial charge in [-0.3, -0.25) is 4.79 Å². The van der Waals surface area contributed by atoms with Crippen LogP contribution in [0.25, 0.3) is 21.3 Å². The molecule has 4 aromatic rings. The summed E-state index contributed by atoms with van der Waals surface area (Å²) in [7, 11) is 1.34. The average Bonchev–Trinajstić information content (AvgIpc) is 3.31. The fraction of sp³-hybridized carbons (Fsp3) is 0.308. The van der Waals surface area contributed by atoms with E-state index in [1.807, 2.05) is 0 Å². The largest absolute Gasteiger partial charge is 0.496 e. The van der Waals surface area contributed by atoms with Gasteiger partial charge in [0.1, 0.15) is 10.8 Å². The zero-order chi connectivity index (χ0) is 28.0. The van der Waals surface area contributed by atoms with Crippen LogP contribution in [0.15, 0.2) is 52.8 Å². The normalized spacial score (nSPS) is 14.1. The third-order valence-electron chi connectivity index (χ3n) is 6.36. The number of hydrogen-bond acceptors (Lipinski definition) is 5. The van der Waals surface area contributed by atoms with Crippen LogP contribution in [-0.2, 0) is 12.0 Å². The van der Waals surface area contributed by atoms with Crippen LogP contribution in [0.1, 0.15) is 25.8 Å². The second kappa shape index (κ2) is 9.94. The van der Waals surface area contributed by atoms with E-state index in [0.29, 0.717) is 5.56 Å². The number of alkyl halides is 3. The molecule has 0 saturated heterocycles. The minimum Gasteiger partial charge on any atom is -0.496 e. The van der Waals surface area contributed by atoms with Gasteiger partial charge in [0.2, 0.25) is 17.3 Å². The summed E-state index contributed by atoms with van der Waals surface area (Å²) in [5, 5.41) is 12.4. The summed E-state index contributed by atoms with van der Waals surface area (Å²) in [5.74, 6) is -1.88. The molecule has 4 rings (SSSR count). The lowest BCUT2D eigenvalue weighted by atomic mass is 9.73. The van der Waals surface area contributed by atoms with Gasteiger partial charge in [0.15, 0.2) is 5.60 Å². The lowest BCUT2D eigenvalue weighted by molar-refractivity contribution is -0.271. The van der Waals surface area contributed by atoms with Gasteiger partial charge in [-0.1, -0.05) is 31.5 Å². The molecule has 202 valence electrons. The van der Waals surface area contributed by atoms with Gasteiger partial charge in [0, 0.05) is 23.9 Å². The number of pyridine rings is 2. The van der Waals surface area contributed by atoms with Gasteiger partial charge in [0.05, 0.1) is 23.9 Å². The molecule has 0 spiro atoms. The van der Waals surface area contributed by atoms with Crippen LogP contribution in [0, 0.1) is 11.9 Å². The molecular formula is C26H22ClF5N2O3S. The number of methoxy groups -OCH3 is 1. The Balaban J connectivity index is 1.79. The van der Waals surface area contributed by atoms with Crippen LogP contribution < -0.4 is 10.2 Å². The Kier molecular flexibility index (Phi) is 7.32. The van der Waals surface area contributed by atoms with E-state index >= 15 is 0 Å². The number of ether oxygens (including phenoxy) is 1. The zero-order valence-electron chi connectivity index (χ0n) is 20.4. The Morgan fingerprint density at radius 3 is 2.34 bits per heavy atom. The van der Waals surface area contributed by atoms with Gasteiger partial charge < -0.3 is 14.4 Å². The van der Waals surface area contributed by atoms with Crippen molar-refractivity contribution < 1.29 is 31.8 Å². The molecule has 1 N–H and O–H groups in total. The third kappa shape index (κ3) is 5.27. The van der Waals surface area contributed by atoms with Gasteiger partial charge in [-0.2, -0.15) is 26.9 Å². The number of aromatic nitrogens is 2. The Labute approximate surface area is 223 Å². The van der Waals surface area contributed by atoms with Gasteiger partial charge >= 0.3 is 6.18 Å². The van der Waals surface area contributed by atoms with Crippen LogP contribution in [-0.4, -0.2) is 33.5 Å². The van der Waals surface area contributed by atoms with E-state index in [2.05, 4.69) is 4.98 Å². The molecule has 0 amide bonds. The standard InChI is InChI=1S/C26H22ClF5N2O3S/c1-24(2,16-8-14(4-5-19(16)37-3)15-9-20(28)33-21(29)10-15)12-25(36,26(30,31)32)13-34-11-17(27)22(35)23-18(34)6-7-38-23/h4-11,36H,12-13H2,1-3H3. The number of nitrogens with zero attached hydrogens (tertiary/aromatic N) is 2. The van der Waals surface area contributed by atoms with Crippen molar-refractivity contribution in [2.75, 3.05) is 7.11 Å². The molecule has 0 aliphatic rings. The maximum atomic E-state index is 14.5. The first kappa shape index (κ1) is 28.0. The molecular weight excluding hydrogens is 551 g/mol. The average molecular weight is 573 g/mol. The van der Waals surface area contributed by atoms with E-state index in [9.17, 15) is 31.9 Å². The molecule has 0 fully saturated rings. The van der Waals surface area contributed by atoms with Gasteiger partial charge in [-0.05, 0) is 46.5 Å². The first-order chi connectivity index (χ1) is 17.6. The number of rotatable bonds is 7. The minimum atomic E-state index is -5.08. The molecule has 3 heterocycles. The molecule has 3 aromatic heterocycles. The fourth-order valence-electron chi connectivity index (χ4n) is 4.60. The number of hydrogen-bond donors (Lipinski definition) is 1. The molecule has 1 unspecified atom stereocenters. The molecule has 0 aliphatic heterocycles. The van der Waals surface area contributed by atoms with E-state index < -0.39 is 47.5 Å². The molecule has 0 saturated carbocycles. The maximum absolute atomic E-state index is 14.5. The van der Waals surface area contributed by atoms with Crippen molar-refractivity contribution in [3.63, 3.8) is 0 Å². The highest BCUT2D eigenvalue weighted by atomic mass is 35.5. The first-order valence-corrected chi connectivity index (χ1v) is 12.5. The number of aliphatic hydroxyl groups is 1. The van der Waals surface area contributed by atoms with Crippen molar-refractivity contribution in [1.29, 1.82) is 0 Å². The molecule has 1 atom stereocenters.